The Hall–Kier alpha value is -2.12. The van der Waals surface area contributed by atoms with E-state index in [1.165, 1.54) is 11.3 Å². The average molecular weight is 389 g/mol. The van der Waals surface area contributed by atoms with E-state index in [9.17, 15) is 8.42 Å². The third kappa shape index (κ3) is 3.29. The van der Waals surface area contributed by atoms with Gasteiger partial charge in [-0.1, -0.05) is 37.1 Å². The Kier molecular flexibility index (Phi) is 4.82. The lowest BCUT2D eigenvalue weighted by Gasteiger charge is -2.19. The molecule has 7 heteroatoms. The maximum Gasteiger partial charge on any atom is 0.240 e. The molecule has 1 fully saturated rings. The number of nitrogens with zero attached hydrogens (tertiary/aromatic N) is 2. The minimum Gasteiger partial charge on any atom is -0.418 e. The van der Waals surface area contributed by atoms with E-state index < -0.39 is 9.84 Å². The smallest absolute Gasteiger partial charge is 0.240 e. The van der Waals surface area contributed by atoms with Gasteiger partial charge in [0.15, 0.2) is 0 Å². The van der Waals surface area contributed by atoms with E-state index in [2.05, 4.69) is 4.98 Å². The molecule has 26 heavy (non-hydrogen) atoms. The van der Waals surface area contributed by atoms with Gasteiger partial charge in [0.05, 0.1) is 9.77 Å². The van der Waals surface area contributed by atoms with Gasteiger partial charge < -0.3 is 9.32 Å². The minimum absolute atomic E-state index is 0.0222. The van der Waals surface area contributed by atoms with Crippen LogP contribution < -0.4 is 4.90 Å². The molecule has 0 atom stereocenters. The molecule has 1 aliphatic heterocycles. The van der Waals surface area contributed by atoms with Crippen molar-refractivity contribution in [3.05, 3.63) is 47.8 Å². The van der Waals surface area contributed by atoms with E-state index >= 15 is 0 Å². The van der Waals surface area contributed by atoms with Crippen LogP contribution >= 0.6 is 11.3 Å². The molecule has 0 unspecified atom stereocenters. The first-order valence-electron chi connectivity index (χ1n) is 8.76. The normalized spacial score (nSPS) is 15.8. The zero-order valence-electron chi connectivity index (χ0n) is 14.3. The highest BCUT2D eigenvalue weighted by Crippen LogP contribution is 2.36. The van der Waals surface area contributed by atoms with Gasteiger partial charge in [-0.05, 0) is 36.4 Å². The lowest BCUT2D eigenvalue weighted by molar-refractivity contribution is 0.544. The molecule has 5 nitrogen and oxygen atoms in total. The summed E-state index contributed by atoms with van der Waals surface area (Å²) in [7, 11) is -3.74. The van der Waals surface area contributed by atoms with E-state index in [1.807, 2.05) is 22.4 Å². The highest BCUT2D eigenvalue weighted by molar-refractivity contribution is 7.91. The van der Waals surface area contributed by atoms with Gasteiger partial charge in [0.25, 0.3) is 0 Å². The fourth-order valence-corrected chi connectivity index (χ4v) is 5.16. The van der Waals surface area contributed by atoms with Gasteiger partial charge in [0.2, 0.25) is 26.6 Å². The standard InChI is InChI=1S/C19H20N2O3S2/c22-26(23,15-9-4-3-5-10-15)18-19(21-12-6-1-2-7-13-21)24-17(20-18)16-11-8-14-25-16/h3-5,8-11,14H,1-2,6-7,12-13H2. The second kappa shape index (κ2) is 7.25. The number of rotatable bonds is 4. The molecule has 3 aromatic rings. The molecule has 0 radical (unpaired) electrons. The third-order valence-electron chi connectivity index (χ3n) is 4.51. The summed E-state index contributed by atoms with van der Waals surface area (Å²) in [6.07, 6.45) is 4.37. The van der Waals surface area contributed by atoms with Crippen molar-refractivity contribution in [3.63, 3.8) is 0 Å². The Balaban J connectivity index is 1.84. The fraction of sp³-hybridized carbons (Fsp3) is 0.316. The van der Waals surface area contributed by atoms with Crippen molar-refractivity contribution >= 4 is 27.1 Å². The van der Waals surface area contributed by atoms with Gasteiger partial charge in [0.1, 0.15) is 0 Å². The molecule has 0 aliphatic carbocycles. The first-order valence-corrected chi connectivity index (χ1v) is 11.1. The summed E-state index contributed by atoms with van der Waals surface area (Å²) < 4.78 is 32.4. The molecule has 0 saturated carbocycles. The van der Waals surface area contributed by atoms with E-state index in [1.54, 1.807) is 30.3 Å². The molecule has 1 aromatic carbocycles. The highest BCUT2D eigenvalue weighted by atomic mass is 32.2. The molecule has 0 spiro atoms. The lowest BCUT2D eigenvalue weighted by atomic mass is 10.2. The fourth-order valence-electron chi connectivity index (χ4n) is 3.16. The summed E-state index contributed by atoms with van der Waals surface area (Å²) in [5.74, 6) is 0.743. The van der Waals surface area contributed by atoms with E-state index in [4.69, 9.17) is 4.42 Å². The van der Waals surface area contributed by atoms with Crippen molar-refractivity contribution in [2.24, 2.45) is 0 Å². The molecule has 1 saturated heterocycles. The van der Waals surface area contributed by atoms with Crippen LogP contribution in [0.5, 0.6) is 0 Å². The predicted octanol–water partition coefficient (Wildman–Crippen LogP) is 4.62. The average Bonchev–Trinajstić information content (AvgIpc) is 3.27. The minimum atomic E-state index is -3.74. The van der Waals surface area contributed by atoms with E-state index in [0.717, 1.165) is 43.6 Å². The molecule has 4 rings (SSSR count). The Bertz CT molecular complexity index is 956. The second-order valence-corrected chi connectivity index (χ2v) is 9.14. The van der Waals surface area contributed by atoms with Crippen LogP contribution in [0.3, 0.4) is 0 Å². The Morgan fingerprint density at radius 3 is 2.35 bits per heavy atom. The van der Waals surface area contributed by atoms with Crippen LogP contribution in [-0.2, 0) is 9.84 Å². The van der Waals surface area contributed by atoms with Crippen molar-refractivity contribution in [3.8, 4) is 10.8 Å². The summed E-state index contributed by atoms with van der Waals surface area (Å²) in [5, 5.41) is 1.95. The summed E-state index contributed by atoms with van der Waals surface area (Å²) in [4.78, 5) is 7.52. The van der Waals surface area contributed by atoms with Crippen molar-refractivity contribution in [2.75, 3.05) is 18.0 Å². The number of thiophene rings is 1. The van der Waals surface area contributed by atoms with Crippen molar-refractivity contribution in [1.82, 2.24) is 4.98 Å². The summed E-state index contributed by atoms with van der Waals surface area (Å²) >= 11 is 1.49. The van der Waals surface area contributed by atoms with Crippen LogP contribution in [0, 0.1) is 0 Å². The molecule has 2 aromatic heterocycles. The van der Waals surface area contributed by atoms with Crippen LogP contribution in [0.1, 0.15) is 25.7 Å². The zero-order valence-corrected chi connectivity index (χ0v) is 15.9. The van der Waals surface area contributed by atoms with Gasteiger partial charge in [-0.2, -0.15) is 4.98 Å². The monoisotopic (exact) mass is 388 g/mol. The number of hydrogen-bond donors (Lipinski definition) is 0. The van der Waals surface area contributed by atoms with E-state index in [-0.39, 0.29) is 9.92 Å². The lowest BCUT2D eigenvalue weighted by Crippen LogP contribution is -2.25. The zero-order chi connectivity index (χ0) is 18.0. The molecular weight excluding hydrogens is 368 g/mol. The van der Waals surface area contributed by atoms with Gasteiger partial charge in [-0.15, -0.1) is 11.3 Å². The Morgan fingerprint density at radius 1 is 0.962 bits per heavy atom. The molecule has 0 N–H and O–H groups in total. The number of aromatic nitrogens is 1. The number of hydrogen-bond acceptors (Lipinski definition) is 6. The summed E-state index contributed by atoms with van der Waals surface area (Å²) in [6.45, 7) is 1.58. The largest absolute Gasteiger partial charge is 0.418 e. The Labute approximate surface area is 157 Å². The van der Waals surface area contributed by atoms with Crippen LogP contribution in [0.25, 0.3) is 10.8 Å². The van der Waals surface area contributed by atoms with Crippen LogP contribution in [0.4, 0.5) is 5.88 Å². The topological polar surface area (TPSA) is 63.4 Å². The van der Waals surface area contributed by atoms with Crippen LogP contribution in [0.2, 0.25) is 0 Å². The van der Waals surface area contributed by atoms with Crippen LogP contribution in [0.15, 0.2) is 62.2 Å². The number of oxazole rings is 1. The Morgan fingerprint density at radius 2 is 1.69 bits per heavy atom. The van der Waals surface area contributed by atoms with Crippen LogP contribution in [-0.4, -0.2) is 26.5 Å². The number of benzene rings is 1. The first kappa shape index (κ1) is 17.3. The SMILES string of the molecule is O=S(=O)(c1ccccc1)c1nc(-c2cccs2)oc1N1CCCCCC1. The van der Waals surface area contributed by atoms with Crippen molar-refractivity contribution in [2.45, 2.75) is 35.6 Å². The molecule has 1 aliphatic rings. The van der Waals surface area contributed by atoms with Gasteiger partial charge in [0, 0.05) is 13.1 Å². The maximum atomic E-state index is 13.2. The molecule has 0 amide bonds. The van der Waals surface area contributed by atoms with Crippen molar-refractivity contribution in [1.29, 1.82) is 0 Å². The first-order chi connectivity index (χ1) is 12.7. The molecule has 0 bridgehead atoms. The number of anilines is 1. The van der Waals surface area contributed by atoms with E-state index in [0.29, 0.717) is 11.8 Å². The molecule has 3 heterocycles. The second-order valence-electron chi connectivity index (χ2n) is 6.32. The molecular formula is C19H20N2O3S2. The quantitative estimate of drug-likeness (QED) is 0.653. The highest BCUT2D eigenvalue weighted by Gasteiger charge is 2.31. The summed E-state index contributed by atoms with van der Waals surface area (Å²) in [6, 6.07) is 12.2. The van der Waals surface area contributed by atoms with Gasteiger partial charge >= 0.3 is 0 Å². The molecule has 136 valence electrons. The summed E-state index contributed by atoms with van der Waals surface area (Å²) in [5.41, 5.74) is 0. The third-order valence-corrected chi connectivity index (χ3v) is 7.04. The van der Waals surface area contributed by atoms with Crippen molar-refractivity contribution < 1.29 is 12.8 Å². The number of sulfone groups is 1. The maximum absolute atomic E-state index is 13.2. The van der Waals surface area contributed by atoms with Gasteiger partial charge in [-0.3, -0.25) is 0 Å². The van der Waals surface area contributed by atoms with Gasteiger partial charge in [-0.25, -0.2) is 8.42 Å². The predicted molar refractivity (Wildman–Crippen MR) is 102 cm³/mol.